The van der Waals surface area contributed by atoms with Crippen molar-refractivity contribution < 1.29 is 19.4 Å². The molecule has 2 rings (SSSR count). The fourth-order valence-electron chi connectivity index (χ4n) is 1.67. The van der Waals surface area contributed by atoms with Gasteiger partial charge in [-0.3, -0.25) is 0 Å². The van der Waals surface area contributed by atoms with Gasteiger partial charge in [0, 0.05) is 6.07 Å². The number of nitrogens with two attached hydrogens (primary N) is 1. The zero-order valence-electron chi connectivity index (χ0n) is 11.6. The third kappa shape index (κ3) is 3.70. The van der Waals surface area contributed by atoms with Crippen LogP contribution in [0.25, 0.3) is 0 Å². The molecule has 0 amide bonds. The molecule has 1 heterocycles. The Balaban J connectivity index is 2.20. The van der Waals surface area contributed by atoms with Crippen LogP contribution >= 0.6 is 0 Å². The number of anilines is 1. The maximum Gasteiger partial charge on any atom is 0.340 e. The Labute approximate surface area is 122 Å². The van der Waals surface area contributed by atoms with Crippen LogP contribution < -0.4 is 10.5 Å². The maximum absolute atomic E-state index is 11.7. The highest BCUT2D eigenvalue weighted by Crippen LogP contribution is 2.23. The number of benzene rings is 1. The molecule has 1 aromatic carbocycles. The second kappa shape index (κ2) is 6.71. The number of nitrogen functional groups attached to an aromatic ring is 1. The van der Waals surface area contributed by atoms with Crippen molar-refractivity contribution in [1.82, 2.24) is 4.98 Å². The normalized spacial score (nSPS) is 10.2. The van der Waals surface area contributed by atoms with Gasteiger partial charge < -0.3 is 20.3 Å². The Morgan fingerprint density at radius 2 is 2.05 bits per heavy atom. The average Bonchev–Trinajstić information content (AvgIpc) is 2.50. The summed E-state index contributed by atoms with van der Waals surface area (Å²) in [4.78, 5) is 15.8. The van der Waals surface area contributed by atoms with Gasteiger partial charge >= 0.3 is 5.97 Å². The van der Waals surface area contributed by atoms with Crippen molar-refractivity contribution in [2.75, 3.05) is 12.3 Å². The molecular formula is C15H16N2O4. The van der Waals surface area contributed by atoms with E-state index in [1.54, 1.807) is 31.2 Å². The summed E-state index contributed by atoms with van der Waals surface area (Å²) in [7, 11) is 0. The average molecular weight is 288 g/mol. The highest BCUT2D eigenvalue weighted by atomic mass is 16.5. The Hall–Kier alpha value is -2.60. The number of ether oxygens (including phenoxy) is 2. The lowest BCUT2D eigenvalue weighted by molar-refractivity contribution is 0.0527. The second-order valence-corrected chi connectivity index (χ2v) is 4.23. The lowest BCUT2D eigenvalue weighted by Gasteiger charge is -2.09. The summed E-state index contributed by atoms with van der Waals surface area (Å²) >= 11 is 0. The van der Waals surface area contributed by atoms with E-state index in [2.05, 4.69) is 4.98 Å². The third-order valence-electron chi connectivity index (χ3n) is 2.73. The number of hydrogen-bond acceptors (Lipinski definition) is 6. The number of hydrogen-bond donors (Lipinski definition) is 2. The topological polar surface area (TPSA) is 94.7 Å². The van der Waals surface area contributed by atoms with Gasteiger partial charge in [-0.25, -0.2) is 9.78 Å². The summed E-state index contributed by atoms with van der Waals surface area (Å²) in [6, 6.07) is 8.31. The lowest BCUT2D eigenvalue weighted by atomic mass is 10.2. The van der Waals surface area contributed by atoms with Crippen LogP contribution in [0.3, 0.4) is 0 Å². The zero-order valence-corrected chi connectivity index (χ0v) is 11.6. The SMILES string of the molecule is CCOC(=O)c1cc(Oc2ccc(CO)cc2)ncc1N. The first-order chi connectivity index (χ1) is 10.1. The first-order valence-electron chi connectivity index (χ1n) is 6.44. The monoisotopic (exact) mass is 288 g/mol. The van der Waals surface area contributed by atoms with Crippen molar-refractivity contribution >= 4 is 11.7 Å². The van der Waals surface area contributed by atoms with Crippen molar-refractivity contribution in [3.63, 3.8) is 0 Å². The van der Waals surface area contributed by atoms with Gasteiger partial charge in [-0.15, -0.1) is 0 Å². The lowest BCUT2D eigenvalue weighted by Crippen LogP contribution is -2.08. The Morgan fingerprint density at radius 1 is 1.33 bits per heavy atom. The molecular weight excluding hydrogens is 272 g/mol. The summed E-state index contributed by atoms with van der Waals surface area (Å²) in [5.74, 6) is 0.265. The third-order valence-corrected chi connectivity index (χ3v) is 2.73. The van der Waals surface area contributed by atoms with Gasteiger partial charge in [0.05, 0.1) is 30.7 Å². The van der Waals surface area contributed by atoms with Gasteiger partial charge in [0.2, 0.25) is 5.88 Å². The van der Waals surface area contributed by atoms with Crippen molar-refractivity contribution in [3.05, 3.63) is 47.7 Å². The zero-order chi connectivity index (χ0) is 15.2. The molecule has 1 aromatic heterocycles. The number of nitrogens with zero attached hydrogens (tertiary/aromatic N) is 1. The van der Waals surface area contributed by atoms with Crippen LogP contribution in [0.5, 0.6) is 11.6 Å². The van der Waals surface area contributed by atoms with Crippen LogP contribution in [0.2, 0.25) is 0 Å². The van der Waals surface area contributed by atoms with E-state index in [0.29, 0.717) is 5.75 Å². The standard InChI is InChI=1S/C15H16N2O4/c1-2-20-15(19)12-7-14(17-8-13(12)16)21-11-5-3-10(9-18)4-6-11/h3-8,18H,2,9,16H2,1H3. The molecule has 6 heteroatoms. The van der Waals surface area contributed by atoms with Gasteiger partial charge in [0.1, 0.15) is 5.75 Å². The Kier molecular flexibility index (Phi) is 4.73. The molecule has 0 radical (unpaired) electrons. The number of aliphatic hydroxyl groups is 1. The molecule has 6 nitrogen and oxygen atoms in total. The van der Waals surface area contributed by atoms with Crippen LogP contribution in [-0.4, -0.2) is 22.7 Å². The molecule has 0 unspecified atom stereocenters. The van der Waals surface area contributed by atoms with E-state index in [0.717, 1.165) is 5.56 Å². The fraction of sp³-hybridized carbons (Fsp3) is 0.200. The predicted octanol–water partition coefficient (Wildman–Crippen LogP) is 2.13. The summed E-state index contributed by atoms with van der Waals surface area (Å²) < 4.78 is 10.5. The van der Waals surface area contributed by atoms with E-state index in [1.807, 2.05) is 0 Å². The van der Waals surface area contributed by atoms with E-state index in [4.69, 9.17) is 20.3 Å². The van der Waals surface area contributed by atoms with Crippen molar-refractivity contribution in [2.24, 2.45) is 0 Å². The number of carbonyl (C=O) groups excluding carboxylic acids is 1. The number of aromatic nitrogens is 1. The quantitative estimate of drug-likeness (QED) is 0.818. The first kappa shape index (κ1) is 14.8. The smallest absolute Gasteiger partial charge is 0.340 e. The molecule has 0 bridgehead atoms. The van der Waals surface area contributed by atoms with Crippen LogP contribution in [0.4, 0.5) is 5.69 Å². The predicted molar refractivity (Wildman–Crippen MR) is 77.0 cm³/mol. The number of esters is 1. The molecule has 0 aliphatic heterocycles. The minimum atomic E-state index is -0.516. The van der Waals surface area contributed by atoms with Crippen molar-refractivity contribution in [3.8, 4) is 11.6 Å². The van der Waals surface area contributed by atoms with Crippen LogP contribution in [0, 0.1) is 0 Å². The largest absolute Gasteiger partial charge is 0.462 e. The van der Waals surface area contributed by atoms with E-state index in [1.165, 1.54) is 12.3 Å². The molecule has 110 valence electrons. The number of aliphatic hydroxyl groups excluding tert-OH is 1. The molecule has 3 N–H and O–H groups in total. The molecule has 0 aliphatic carbocycles. The number of carbonyl (C=O) groups is 1. The van der Waals surface area contributed by atoms with E-state index in [-0.39, 0.29) is 30.3 Å². The van der Waals surface area contributed by atoms with Crippen LogP contribution in [0.1, 0.15) is 22.8 Å². The molecule has 0 atom stereocenters. The highest BCUT2D eigenvalue weighted by molar-refractivity contribution is 5.95. The fourth-order valence-corrected chi connectivity index (χ4v) is 1.67. The first-order valence-corrected chi connectivity index (χ1v) is 6.44. The Morgan fingerprint density at radius 3 is 2.67 bits per heavy atom. The molecule has 21 heavy (non-hydrogen) atoms. The minimum Gasteiger partial charge on any atom is -0.462 e. The van der Waals surface area contributed by atoms with E-state index in [9.17, 15) is 4.79 Å². The van der Waals surface area contributed by atoms with Crippen molar-refractivity contribution in [1.29, 1.82) is 0 Å². The molecule has 0 saturated carbocycles. The molecule has 0 spiro atoms. The summed E-state index contributed by atoms with van der Waals surface area (Å²) in [6.07, 6.45) is 1.35. The van der Waals surface area contributed by atoms with E-state index >= 15 is 0 Å². The highest BCUT2D eigenvalue weighted by Gasteiger charge is 2.13. The Bertz CT molecular complexity index is 626. The summed E-state index contributed by atoms with van der Waals surface area (Å²) in [6.45, 7) is 1.95. The number of rotatable bonds is 5. The van der Waals surface area contributed by atoms with Crippen LogP contribution in [-0.2, 0) is 11.3 Å². The molecule has 0 fully saturated rings. The molecule has 2 aromatic rings. The van der Waals surface area contributed by atoms with Crippen LogP contribution in [0.15, 0.2) is 36.5 Å². The molecule has 0 aliphatic rings. The van der Waals surface area contributed by atoms with Gasteiger partial charge in [0.15, 0.2) is 0 Å². The van der Waals surface area contributed by atoms with Crippen molar-refractivity contribution in [2.45, 2.75) is 13.5 Å². The maximum atomic E-state index is 11.7. The van der Waals surface area contributed by atoms with Gasteiger partial charge in [0.25, 0.3) is 0 Å². The minimum absolute atomic E-state index is 0.0343. The summed E-state index contributed by atoms with van der Waals surface area (Å²) in [5.41, 5.74) is 6.93. The van der Waals surface area contributed by atoms with E-state index < -0.39 is 5.97 Å². The summed E-state index contributed by atoms with van der Waals surface area (Å²) in [5, 5.41) is 8.98. The van der Waals surface area contributed by atoms with Gasteiger partial charge in [-0.05, 0) is 24.6 Å². The number of pyridine rings is 1. The second-order valence-electron chi connectivity index (χ2n) is 4.23. The van der Waals surface area contributed by atoms with Gasteiger partial charge in [-0.2, -0.15) is 0 Å². The van der Waals surface area contributed by atoms with Gasteiger partial charge in [-0.1, -0.05) is 12.1 Å². The molecule has 0 saturated heterocycles.